The van der Waals surface area contributed by atoms with Gasteiger partial charge in [0.25, 0.3) is 10.0 Å². The molecule has 0 heterocycles. The molecule has 2 rings (SSSR count). The number of esters is 2. The lowest BCUT2D eigenvalue weighted by atomic mass is 10.2. The molecule has 8 nitrogen and oxygen atoms in total. The van der Waals surface area contributed by atoms with Crippen molar-refractivity contribution in [3.05, 3.63) is 52.5 Å². The molecule has 2 aromatic rings. The van der Waals surface area contributed by atoms with E-state index < -0.39 is 28.5 Å². The van der Waals surface area contributed by atoms with Gasteiger partial charge in [-0.25, -0.2) is 13.2 Å². The van der Waals surface area contributed by atoms with Gasteiger partial charge in [-0.15, -0.1) is 0 Å². The highest BCUT2D eigenvalue weighted by Gasteiger charge is 2.29. The van der Waals surface area contributed by atoms with Gasteiger partial charge in [-0.05, 0) is 48.9 Å². The third-order valence-electron chi connectivity index (χ3n) is 4.10. The molecule has 2 aromatic carbocycles. The number of benzene rings is 2. The first-order valence-corrected chi connectivity index (χ1v) is 10.1. The Hall–Kier alpha value is -2.78. The highest BCUT2D eigenvalue weighted by Crippen LogP contribution is 2.30. The van der Waals surface area contributed by atoms with Crippen LogP contribution < -0.4 is 9.04 Å². The van der Waals surface area contributed by atoms with E-state index in [1.54, 1.807) is 6.92 Å². The van der Waals surface area contributed by atoms with E-state index in [4.69, 9.17) is 16.3 Å². The average Bonchev–Trinajstić information content (AvgIpc) is 2.71. The van der Waals surface area contributed by atoms with Gasteiger partial charge in [0.05, 0.1) is 42.5 Å². The predicted molar refractivity (Wildman–Crippen MR) is 107 cm³/mol. The van der Waals surface area contributed by atoms with E-state index in [1.165, 1.54) is 50.6 Å². The summed E-state index contributed by atoms with van der Waals surface area (Å²) in [5.41, 5.74) is 0.606. The van der Waals surface area contributed by atoms with E-state index in [1.807, 2.05) is 0 Å². The molecule has 0 aliphatic heterocycles. The third-order valence-corrected chi connectivity index (χ3v) is 6.20. The van der Waals surface area contributed by atoms with Gasteiger partial charge in [0.1, 0.15) is 12.3 Å². The Morgan fingerprint density at radius 3 is 2.28 bits per heavy atom. The summed E-state index contributed by atoms with van der Waals surface area (Å²) < 4.78 is 41.9. The Morgan fingerprint density at radius 1 is 1.03 bits per heavy atom. The Balaban J connectivity index is 2.63. The van der Waals surface area contributed by atoms with Crippen molar-refractivity contribution < 1.29 is 32.2 Å². The van der Waals surface area contributed by atoms with Crippen LogP contribution >= 0.6 is 11.6 Å². The van der Waals surface area contributed by atoms with Crippen molar-refractivity contribution in [2.24, 2.45) is 0 Å². The zero-order valence-corrected chi connectivity index (χ0v) is 17.8. The number of methoxy groups -OCH3 is 3. The van der Waals surface area contributed by atoms with Crippen LogP contribution in [0.1, 0.15) is 15.9 Å². The van der Waals surface area contributed by atoms with Gasteiger partial charge in [0, 0.05) is 0 Å². The largest absolute Gasteiger partial charge is 0.496 e. The van der Waals surface area contributed by atoms with E-state index >= 15 is 0 Å². The summed E-state index contributed by atoms with van der Waals surface area (Å²) in [5.74, 6) is -1.01. The number of sulfonamides is 1. The van der Waals surface area contributed by atoms with Gasteiger partial charge >= 0.3 is 11.9 Å². The van der Waals surface area contributed by atoms with Crippen LogP contribution in [0.5, 0.6) is 5.75 Å². The Morgan fingerprint density at radius 2 is 1.72 bits per heavy atom. The number of rotatable bonds is 7. The first-order valence-electron chi connectivity index (χ1n) is 8.27. The van der Waals surface area contributed by atoms with Crippen LogP contribution in [0.25, 0.3) is 0 Å². The molecule has 29 heavy (non-hydrogen) atoms. The zero-order valence-electron chi connectivity index (χ0n) is 16.3. The molecular formula is C19H20ClNO7S. The Bertz CT molecular complexity index is 1040. The summed E-state index contributed by atoms with van der Waals surface area (Å²) in [6, 6.07) is 8.28. The fourth-order valence-electron chi connectivity index (χ4n) is 2.57. The number of aryl methyl sites for hydroxylation is 1. The second-order valence-electron chi connectivity index (χ2n) is 5.87. The molecule has 0 N–H and O–H groups in total. The molecule has 0 aromatic heterocycles. The maximum atomic E-state index is 13.3. The predicted octanol–water partition coefficient (Wildman–Crippen LogP) is 2.81. The Kier molecular flexibility index (Phi) is 7.10. The molecule has 0 aliphatic rings. The summed E-state index contributed by atoms with van der Waals surface area (Å²) in [5, 5.41) is 0.0799. The van der Waals surface area contributed by atoms with Gasteiger partial charge in [-0.1, -0.05) is 11.6 Å². The highest BCUT2D eigenvalue weighted by molar-refractivity contribution is 7.92. The Labute approximate surface area is 174 Å². The van der Waals surface area contributed by atoms with Crippen molar-refractivity contribution in [2.45, 2.75) is 11.8 Å². The van der Waals surface area contributed by atoms with Crippen molar-refractivity contribution in [2.75, 3.05) is 32.2 Å². The molecule has 0 bridgehead atoms. The van der Waals surface area contributed by atoms with Crippen molar-refractivity contribution in [3.63, 3.8) is 0 Å². The minimum Gasteiger partial charge on any atom is -0.496 e. The van der Waals surface area contributed by atoms with E-state index in [0.717, 1.165) is 11.4 Å². The standard InChI is InChI=1S/C19H20ClNO7S/c1-12-9-14(6-8-17(12)26-2)29(24,25)21(11-18(22)27-3)13-5-7-16(20)15(10-13)19(23)28-4/h5-10H,11H2,1-4H3. The van der Waals surface area contributed by atoms with E-state index in [9.17, 15) is 18.0 Å². The average molecular weight is 442 g/mol. The second kappa shape index (κ2) is 9.15. The van der Waals surface area contributed by atoms with Crippen LogP contribution in [-0.2, 0) is 24.3 Å². The summed E-state index contributed by atoms with van der Waals surface area (Å²) in [7, 11) is -0.392. The first-order chi connectivity index (χ1) is 13.6. The van der Waals surface area contributed by atoms with Crippen LogP contribution in [0.15, 0.2) is 41.3 Å². The molecule has 0 unspecified atom stereocenters. The lowest BCUT2D eigenvalue weighted by Crippen LogP contribution is -2.36. The number of hydrogen-bond donors (Lipinski definition) is 0. The number of carbonyl (C=O) groups is 2. The quantitative estimate of drug-likeness (QED) is 0.609. The van der Waals surface area contributed by atoms with Gasteiger partial charge in [0.2, 0.25) is 0 Å². The van der Waals surface area contributed by atoms with Gasteiger partial charge in [-0.3, -0.25) is 9.10 Å². The molecule has 10 heteroatoms. The van der Waals surface area contributed by atoms with Crippen LogP contribution in [0.2, 0.25) is 5.02 Å². The molecule has 0 aliphatic carbocycles. The van der Waals surface area contributed by atoms with Crippen molar-refractivity contribution in [1.82, 2.24) is 0 Å². The third kappa shape index (κ3) is 4.80. The van der Waals surface area contributed by atoms with Crippen LogP contribution in [0, 0.1) is 6.92 Å². The SMILES string of the molecule is COC(=O)CN(c1ccc(Cl)c(C(=O)OC)c1)S(=O)(=O)c1ccc(OC)c(C)c1. The fraction of sp³-hybridized carbons (Fsp3) is 0.263. The first kappa shape index (κ1) is 22.5. The maximum Gasteiger partial charge on any atom is 0.339 e. The second-order valence-corrected chi connectivity index (χ2v) is 8.14. The highest BCUT2D eigenvalue weighted by atomic mass is 35.5. The van der Waals surface area contributed by atoms with Crippen LogP contribution in [0.3, 0.4) is 0 Å². The van der Waals surface area contributed by atoms with Crippen LogP contribution in [0.4, 0.5) is 5.69 Å². The van der Waals surface area contributed by atoms with Crippen molar-refractivity contribution in [3.8, 4) is 5.75 Å². The number of anilines is 1. The van der Waals surface area contributed by atoms with Gasteiger partial charge < -0.3 is 14.2 Å². The fourth-order valence-corrected chi connectivity index (χ4v) is 4.25. The van der Waals surface area contributed by atoms with Crippen molar-refractivity contribution >= 4 is 39.3 Å². The van der Waals surface area contributed by atoms with Gasteiger partial charge in [-0.2, -0.15) is 0 Å². The summed E-state index contributed by atoms with van der Waals surface area (Å²) >= 11 is 6.02. The minimum absolute atomic E-state index is 0.0392. The normalized spacial score (nSPS) is 10.9. The number of carbonyl (C=O) groups excluding carboxylic acids is 2. The smallest absolute Gasteiger partial charge is 0.339 e. The lowest BCUT2D eigenvalue weighted by molar-refractivity contribution is -0.138. The van der Waals surface area contributed by atoms with E-state index in [0.29, 0.717) is 11.3 Å². The topological polar surface area (TPSA) is 99.2 Å². The number of halogens is 1. The van der Waals surface area contributed by atoms with Gasteiger partial charge in [0.15, 0.2) is 0 Å². The lowest BCUT2D eigenvalue weighted by Gasteiger charge is -2.24. The van der Waals surface area contributed by atoms with E-state index in [-0.39, 0.29) is 21.2 Å². The molecule has 0 saturated carbocycles. The summed E-state index contributed by atoms with van der Waals surface area (Å²) in [6.07, 6.45) is 0. The number of nitrogens with zero attached hydrogens (tertiary/aromatic N) is 1. The molecule has 156 valence electrons. The zero-order chi connectivity index (χ0) is 21.8. The molecule has 0 amide bonds. The van der Waals surface area contributed by atoms with Crippen molar-refractivity contribution in [1.29, 1.82) is 0 Å². The molecule has 0 radical (unpaired) electrons. The maximum absolute atomic E-state index is 13.3. The number of hydrogen-bond acceptors (Lipinski definition) is 7. The molecule has 0 fully saturated rings. The minimum atomic E-state index is -4.19. The molecule has 0 saturated heterocycles. The van der Waals surface area contributed by atoms with Crippen LogP contribution in [-0.4, -0.2) is 48.2 Å². The van der Waals surface area contributed by atoms with E-state index in [2.05, 4.69) is 9.47 Å². The molecule has 0 spiro atoms. The summed E-state index contributed by atoms with van der Waals surface area (Å²) in [6.45, 7) is 1.09. The monoisotopic (exact) mass is 441 g/mol. The molecule has 0 atom stereocenters. The molecular weight excluding hydrogens is 422 g/mol. The summed E-state index contributed by atoms with van der Waals surface area (Å²) in [4.78, 5) is 23.8. The number of ether oxygens (including phenoxy) is 3.